The van der Waals surface area contributed by atoms with Crippen LogP contribution in [0.5, 0.6) is 0 Å². The number of rotatable bonds is 3. The lowest BCUT2D eigenvalue weighted by Gasteiger charge is -2.05. The van der Waals surface area contributed by atoms with E-state index in [0.29, 0.717) is 0 Å². The van der Waals surface area contributed by atoms with Crippen LogP contribution < -0.4 is 0 Å². The van der Waals surface area contributed by atoms with E-state index in [1.54, 1.807) is 0 Å². The van der Waals surface area contributed by atoms with Crippen molar-refractivity contribution in [1.29, 1.82) is 0 Å². The SMILES string of the molecule is C.CCc1ccc(-c2cccc(CC)c2)cc1. The molecule has 2 rings (SSSR count). The Morgan fingerprint density at radius 2 is 1.35 bits per heavy atom. The molecule has 0 spiro atoms. The van der Waals surface area contributed by atoms with Gasteiger partial charge >= 0.3 is 0 Å². The van der Waals surface area contributed by atoms with Crippen LogP contribution in [0.1, 0.15) is 32.4 Å². The largest absolute Gasteiger partial charge is 0.0776 e. The third-order valence-corrected chi connectivity index (χ3v) is 3.03. The standard InChI is InChI=1S/C16H18.CH4/c1-3-13-8-10-15(11-9-13)16-7-5-6-14(4-2)12-16;/h5-12H,3-4H2,1-2H3;1H4. The van der Waals surface area contributed by atoms with Gasteiger partial charge in [0.05, 0.1) is 0 Å². The summed E-state index contributed by atoms with van der Waals surface area (Å²) in [6.45, 7) is 4.38. The quantitative estimate of drug-likeness (QED) is 0.682. The van der Waals surface area contributed by atoms with Crippen molar-refractivity contribution in [3.05, 3.63) is 59.7 Å². The van der Waals surface area contributed by atoms with E-state index in [1.165, 1.54) is 22.3 Å². The molecule has 0 saturated carbocycles. The summed E-state index contributed by atoms with van der Waals surface area (Å²) in [4.78, 5) is 0. The van der Waals surface area contributed by atoms with E-state index < -0.39 is 0 Å². The fraction of sp³-hybridized carbons (Fsp3) is 0.294. The lowest BCUT2D eigenvalue weighted by atomic mass is 10.0. The molecule has 0 atom stereocenters. The van der Waals surface area contributed by atoms with Crippen molar-refractivity contribution in [2.75, 3.05) is 0 Å². The van der Waals surface area contributed by atoms with Crippen molar-refractivity contribution in [2.24, 2.45) is 0 Å². The van der Waals surface area contributed by atoms with Gasteiger partial charge in [-0.3, -0.25) is 0 Å². The van der Waals surface area contributed by atoms with Gasteiger partial charge in [-0.2, -0.15) is 0 Å². The fourth-order valence-electron chi connectivity index (χ4n) is 1.90. The Labute approximate surface area is 105 Å². The molecule has 2 aromatic rings. The molecule has 0 unspecified atom stereocenters. The molecule has 0 saturated heterocycles. The summed E-state index contributed by atoms with van der Waals surface area (Å²) < 4.78 is 0. The summed E-state index contributed by atoms with van der Waals surface area (Å²) >= 11 is 0. The first kappa shape index (κ1) is 13.5. The van der Waals surface area contributed by atoms with Gasteiger partial charge in [0.2, 0.25) is 0 Å². The third kappa shape index (κ3) is 3.20. The zero-order valence-electron chi connectivity index (χ0n) is 10.0. The maximum Gasteiger partial charge on any atom is -0.0181 e. The molecule has 0 N–H and O–H groups in total. The average molecular weight is 226 g/mol. The van der Waals surface area contributed by atoms with Crippen LogP contribution >= 0.6 is 0 Å². The van der Waals surface area contributed by atoms with Crippen molar-refractivity contribution < 1.29 is 0 Å². The van der Waals surface area contributed by atoms with Gasteiger partial charge in [0.1, 0.15) is 0 Å². The van der Waals surface area contributed by atoms with Gasteiger partial charge in [-0.25, -0.2) is 0 Å². The molecule has 0 aromatic heterocycles. The molecule has 0 heteroatoms. The van der Waals surface area contributed by atoms with Gasteiger partial charge in [-0.15, -0.1) is 0 Å². The summed E-state index contributed by atoms with van der Waals surface area (Å²) in [6.07, 6.45) is 2.20. The molecule has 0 nitrogen and oxygen atoms in total. The van der Waals surface area contributed by atoms with Crippen LogP contribution in [-0.2, 0) is 12.8 Å². The van der Waals surface area contributed by atoms with Gasteiger partial charge in [-0.05, 0) is 35.1 Å². The highest BCUT2D eigenvalue weighted by Gasteiger charge is 1.98. The first-order valence-electron chi connectivity index (χ1n) is 6.01. The maximum atomic E-state index is 2.28. The highest BCUT2D eigenvalue weighted by molar-refractivity contribution is 5.64. The van der Waals surface area contributed by atoms with Crippen LogP contribution in [0, 0.1) is 0 Å². The van der Waals surface area contributed by atoms with E-state index in [1.807, 2.05) is 0 Å². The van der Waals surface area contributed by atoms with Crippen molar-refractivity contribution in [1.82, 2.24) is 0 Å². The zero-order chi connectivity index (χ0) is 11.4. The second-order valence-corrected chi connectivity index (χ2v) is 4.10. The highest BCUT2D eigenvalue weighted by atomic mass is 14.0. The van der Waals surface area contributed by atoms with Gasteiger partial charge in [-0.1, -0.05) is 69.8 Å². The smallest absolute Gasteiger partial charge is 0.0181 e. The minimum Gasteiger partial charge on any atom is -0.0776 e. The highest BCUT2D eigenvalue weighted by Crippen LogP contribution is 2.21. The van der Waals surface area contributed by atoms with Crippen molar-refractivity contribution in [3.63, 3.8) is 0 Å². The Morgan fingerprint density at radius 1 is 0.706 bits per heavy atom. The Kier molecular flexibility index (Phi) is 4.96. The molecule has 0 aliphatic heterocycles. The number of hydrogen-bond donors (Lipinski definition) is 0. The monoisotopic (exact) mass is 226 g/mol. The maximum absolute atomic E-state index is 2.28. The molecule has 17 heavy (non-hydrogen) atoms. The van der Waals surface area contributed by atoms with Crippen molar-refractivity contribution >= 4 is 0 Å². The number of aryl methyl sites for hydroxylation is 2. The molecule has 2 aromatic carbocycles. The first-order valence-corrected chi connectivity index (χ1v) is 6.01. The second-order valence-electron chi connectivity index (χ2n) is 4.10. The second kappa shape index (κ2) is 6.24. The van der Waals surface area contributed by atoms with Crippen LogP contribution in [0.3, 0.4) is 0 Å². The number of benzene rings is 2. The van der Waals surface area contributed by atoms with Crippen molar-refractivity contribution in [3.8, 4) is 11.1 Å². The Balaban J connectivity index is 0.00000144. The van der Waals surface area contributed by atoms with Gasteiger partial charge in [0, 0.05) is 0 Å². The van der Waals surface area contributed by atoms with Crippen LogP contribution in [0.15, 0.2) is 48.5 Å². The zero-order valence-corrected chi connectivity index (χ0v) is 10.0. The predicted molar refractivity (Wildman–Crippen MR) is 77.4 cm³/mol. The van der Waals surface area contributed by atoms with Crippen LogP contribution in [-0.4, -0.2) is 0 Å². The molecule has 90 valence electrons. The third-order valence-electron chi connectivity index (χ3n) is 3.03. The molecule has 0 heterocycles. The van der Waals surface area contributed by atoms with E-state index >= 15 is 0 Å². The molecule has 0 amide bonds. The minimum absolute atomic E-state index is 0. The van der Waals surface area contributed by atoms with Gasteiger partial charge < -0.3 is 0 Å². The topological polar surface area (TPSA) is 0 Å². The van der Waals surface area contributed by atoms with Crippen LogP contribution in [0.4, 0.5) is 0 Å². The van der Waals surface area contributed by atoms with Crippen LogP contribution in [0.25, 0.3) is 11.1 Å². The van der Waals surface area contributed by atoms with E-state index in [9.17, 15) is 0 Å². The normalized spacial score (nSPS) is 9.76. The molecule has 0 fully saturated rings. The van der Waals surface area contributed by atoms with E-state index in [-0.39, 0.29) is 7.43 Å². The Hall–Kier alpha value is -1.56. The summed E-state index contributed by atoms with van der Waals surface area (Å²) in [5, 5.41) is 0. The Morgan fingerprint density at radius 3 is 1.94 bits per heavy atom. The summed E-state index contributed by atoms with van der Waals surface area (Å²) in [7, 11) is 0. The van der Waals surface area contributed by atoms with Crippen molar-refractivity contribution in [2.45, 2.75) is 34.1 Å². The van der Waals surface area contributed by atoms with E-state index in [4.69, 9.17) is 0 Å². The number of hydrogen-bond acceptors (Lipinski definition) is 0. The molecule has 0 bridgehead atoms. The lowest BCUT2D eigenvalue weighted by Crippen LogP contribution is -1.84. The van der Waals surface area contributed by atoms with Gasteiger partial charge in [0.15, 0.2) is 0 Å². The average Bonchev–Trinajstić information content (AvgIpc) is 2.39. The molecule has 0 aliphatic rings. The fourth-order valence-corrected chi connectivity index (χ4v) is 1.90. The van der Waals surface area contributed by atoms with E-state index in [2.05, 4.69) is 62.4 Å². The molecular formula is C17H22. The Bertz CT molecular complexity index is 452. The summed E-state index contributed by atoms with van der Waals surface area (Å²) in [6, 6.07) is 17.6. The predicted octanol–water partition coefficient (Wildman–Crippen LogP) is 5.11. The van der Waals surface area contributed by atoms with E-state index in [0.717, 1.165) is 12.8 Å². The minimum atomic E-state index is 0. The molecular weight excluding hydrogens is 204 g/mol. The molecule has 0 aliphatic carbocycles. The van der Waals surface area contributed by atoms with Crippen LogP contribution in [0.2, 0.25) is 0 Å². The summed E-state index contributed by atoms with van der Waals surface area (Å²) in [5.74, 6) is 0. The molecule has 0 radical (unpaired) electrons. The first-order chi connectivity index (χ1) is 7.83. The van der Waals surface area contributed by atoms with Gasteiger partial charge in [0.25, 0.3) is 0 Å². The lowest BCUT2D eigenvalue weighted by molar-refractivity contribution is 1.14. The summed E-state index contributed by atoms with van der Waals surface area (Å²) in [5.41, 5.74) is 5.43.